The summed E-state index contributed by atoms with van der Waals surface area (Å²) < 4.78 is 38.0. The van der Waals surface area contributed by atoms with Crippen LogP contribution in [-0.4, -0.2) is 20.0 Å². The van der Waals surface area contributed by atoms with Crippen LogP contribution in [0.1, 0.15) is 11.3 Å². The van der Waals surface area contributed by atoms with Crippen molar-refractivity contribution in [3.63, 3.8) is 0 Å². The molecule has 0 atom stereocenters. The normalized spacial score (nSPS) is 11.8. The SMILES string of the molecule is Cc1cn(-c2ccc(C(F)(F)F)nn2)nc1N. The maximum Gasteiger partial charge on any atom is 0.435 e. The quantitative estimate of drug-likeness (QED) is 0.825. The molecular weight excluding hydrogens is 235 g/mol. The third kappa shape index (κ3) is 2.19. The molecule has 0 aliphatic heterocycles. The number of aromatic nitrogens is 4. The molecule has 0 bridgehead atoms. The molecule has 0 saturated carbocycles. The van der Waals surface area contributed by atoms with E-state index in [0.29, 0.717) is 11.4 Å². The van der Waals surface area contributed by atoms with Crippen molar-refractivity contribution in [2.45, 2.75) is 13.1 Å². The molecule has 2 heterocycles. The molecule has 2 aromatic rings. The Kier molecular flexibility index (Phi) is 2.49. The molecule has 0 radical (unpaired) electrons. The largest absolute Gasteiger partial charge is 0.435 e. The van der Waals surface area contributed by atoms with Crippen molar-refractivity contribution >= 4 is 5.82 Å². The molecule has 2 aromatic heterocycles. The summed E-state index contributed by atoms with van der Waals surface area (Å²) in [6, 6.07) is 2.03. The molecule has 8 heteroatoms. The van der Waals surface area contributed by atoms with E-state index >= 15 is 0 Å². The van der Waals surface area contributed by atoms with Gasteiger partial charge in [-0.15, -0.1) is 15.3 Å². The number of nitrogens with zero attached hydrogens (tertiary/aromatic N) is 4. The number of nitrogens with two attached hydrogens (primary N) is 1. The first-order valence-corrected chi connectivity index (χ1v) is 4.61. The van der Waals surface area contributed by atoms with Crippen LogP contribution in [0.15, 0.2) is 18.3 Å². The second-order valence-electron chi connectivity index (χ2n) is 3.42. The van der Waals surface area contributed by atoms with E-state index in [2.05, 4.69) is 15.3 Å². The highest BCUT2D eigenvalue weighted by Gasteiger charge is 2.32. The highest BCUT2D eigenvalue weighted by Crippen LogP contribution is 2.26. The maximum atomic E-state index is 12.2. The molecule has 2 rings (SSSR count). The molecule has 0 amide bonds. The number of nitrogen functional groups attached to an aromatic ring is 1. The summed E-state index contributed by atoms with van der Waals surface area (Å²) in [4.78, 5) is 0. The van der Waals surface area contributed by atoms with Gasteiger partial charge >= 0.3 is 6.18 Å². The lowest BCUT2D eigenvalue weighted by Crippen LogP contribution is -2.10. The van der Waals surface area contributed by atoms with Crippen molar-refractivity contribution in [3.05, 3.63) is 29.6 Å². The molecule has 17 heavy (non-hydrogen) atoms. The number of hydrogen-bond donors (Lipinski definition) is 1. The van der Waals surface area contributed by atoms with Gasteiger partial charge in [-0.05, 0) is 19.1 Å². The minimum Gasteiger partial charge on any atom is -0.382 e. The average Bonchev–Trinajstić information content (AvgIpc) is 2.58. The van der Waals surface area contributed by atoms with Crippen LogP contribution < -0.4 is 5.73 Å². The van der Waals surface area contributed by atoms with Crippen LogP contribution in [0.25, 0.3) is 5.82 Å². The first-order valence-electron chi connectivity index (χ1n) is 4.61. The maximum absolute atomic E-state index is 12.2. The molecule has 90 valence electrons. The zero-order valence-corrected chi connectivity index (χ0v) is 8.73. The molecule has 0 saturated heterocycles. The van der Waals surface area contributed by atoms with Gasteiger partial charge in [-0.2, -0.15) is 13.2 Å². The summed E-state index contributed by atoms with van der Waals surface area (Å²) in [6.45, 7) is 1.73. The van der Waals surface area contributed by atoms with Gasteiger partial charge in [0.15, 0.2) is 11.5 Å². The van der Waals surface area contributed by atoms with Crippen molar-refractivity contribution in [2.75, 3.05) is 5.73 Å². The van der Waals surface area contributed by atoms with Crippen LogP contribution >= 0.6 is 0 Å². The summed E-state index contributed by atoms with van der Waals surface area (Å²) in [5, 5.41) is 10.4. The fourth-order valence-electron chi connectivity index (χ4n) is 1.19. The summed E-state index contributed by atoms with van der Waals surface area (Å²) in [6.07, 6.45) is -2.93. The van der Waals surface area contributed by atoms with E-state index < -0.39 is 11.9 Å². The summed E-state index contributed by atoms with van der Waals surface area (Å²) in [5.41, 5.74) is 5.19. The van der Waals surface area contributed by atoms with Crippen LogP contribution in [0.4, 0.5) is 19.0 Å². The van der Waals surface area contributed by atoms with Crippen LogP contribution in [0.5, 0.6) is 0 Å². The Hall–Kier alpha value is -2.12. The second kappa shape index (κ2) is 3.72. The van der Waals surface area contributed by atoms with Gasteiger partial charge in [0, 0.05) is 11.8 Å². The number of aryl methyl sites for hydroxylation is 1. The van der Waals surface area contributed by atoms with Crippen molar-refractivity contribution in [3.8, 4) is 5.82 Å². The van der Waals surface area contributed by atoms with E-state index in [9.17, 15) is 13.2 Å². The third-order valence-corrected chi connectivity index (χ3v) is 2.11. The first-order chi connectivity index (χ1) is 7.88. The Morgan fingerprint density at radius 1 is 1.24 bits per heavy atom. The summed E-state index contributed by atoms with van der Waals surface area (Å²) >= 11 is 0. The van der Waals surface area contributed by atoms with Crippen molar-refractivity contribution < 1.29 is 13.2 Å². The number of hydrogen-bond acceptors (Lipinski definition) is 4. The molecule has 0 aliphatic rings. The molecule has 0 fully saturated rings. The summed E-state index contributed by atoms with van der Waals surface area (Å²) in [5.74, 6) is 0.476. The lowest BCUT2D eigenvalue weighted by atomic mass is 10.4. The van der Waals surface area contributed by atoms with Gasteiger partial charge in [0.2, 0.25) is 0 Å². The molecule has 0 spiro atoms. The van der Waals surface area contributed by atoms with Gasteiger partial charge in [-0.1, -0.05) is 0 Å². The first kappa shape index (κ1) is 11.4. The Morgan fingerprint density at radius 2 is 1.94 bits per heavy atom. The van der Waals surface area contributed by atoms with E-state index in [1.807, 2.05) is 0 Å². The lowest BCUT2D eigenvalue weighted by Gasteiger charge is -2.04. The van der Waals surface area contributed by atoms with Crippen LogP contribution in [0.3, 0.4) is 0 Å². The van der Waals surface area contributed by atoms with Gasteiger partial charge in [-0.3, -0.25) is 0 Å². The van der Waals surface area contributed by atoms with Crippen LogP contribution in [0, 0.1) is 6.92 Å². The Labute approximate surface area is 94.1 Å². The average molecular weight is 243 g/mol. The number of alkyl halides is 3. The van der Waals surface area contributed by atoms with E-state index in [1.54, 1.807) is 13.1 Å². The predicted octanol–water partition coefficient (Wildman–Crippen LogP) is 1.57. The third-order valence-electron chi connectivity index (χ3n) is 2.11. The van der Waals surface area contributed by atoms with Crippen molar-refractivity contribution in [1.82, 2.24) is 20.0 Å². The van der Waals surface area contributed by atoms with E-state index in [4.69, 9.17) is 5.73 Å². The number of anilines is 1. The molecular formula is C9H8F3N5. The van der Waals surface area contributed by atoms with Gasteiger partial charge < -0.3 is 5.73 Å². The van der Waals surface area contributed by atoms with Crippen molar-refractivity contribution in [1.29, 1.82) is 0 Å². The molecule has 0 aromatic carbocycles. The highest BCUT2D eigenvalue weighted by molar-refractivity contribution is 5.38. The zero-order chi connectivity index (χ0) is 12.6. The minimum atomic E-state index is -4.50. The van der Waals surface area contributed by atoms with Crippen LogP contribution in [-0.2, 0) is 6.18 Å². The standard InChI is InChI=1S/C9H8F3N5/c1-5-4-17(16-8(5)13)7-3-2-6(14-15-7)9(10,11)12/h2-4H,1H3,(H2,13,16). The highest BCUT2D eigenvalue weighted by atomic mass is 19.4. The Bertz CT molecular complexity index is 509. The van der Waals surface area contributed by atoms with Gasteiger partial charge in [0.05, 0.1) is 0 Å². The topological polar surface area (TPSA) is 69.6 Å². The van der Waals surface area contributed by atoms with E-state index in [-0.39, 0.29) is 5.82 Å². The van der Waals surface area contributed by atoms with Crippen molar-refractivity contribution in [2.24, 2.45) is 0 Å². The molecule has 0 unspecified atom stereocenters. The monoisotopic (exact) mass is 243 g/mol. The van der Waals surface area contributed by atoms with Gasteiger partial charge in [0.25, 0.3) is 0 Å². The number of halogens is 3. The number of rotatable bonds is 1. The lowest BCUT2D eigenvalue weighted by molar-refractivity contribution is -0.141. The van der Waals surface area contributed by atoms with Gasteiger partial charge in [-0.25, -0.2) is 4.68 Å². The smallest absolute Gasteiger partial charge is 0.382 e. The van der Waals surface area contributed by atoms with Gasteiger partial charge in [0.1, 0.15) is 5.82 Å². The molecule has 5 nitrogen and oxygen atoms in total. The predicted molar refractivity (Wildman–Crippen MR) is 53.3 cm³/mol. The van der Waals surface area contributed by atoms with E-state index in [1.165, 1.54) is 10.7 Å². The second-order valence-corrected chi connectivity index (χ2v) is 3.42. The fraction of sp³-hybridized carbons (Fsp3) is 0.222. The Morgan fingerprint density at radius 3 is 2.35 bits per heavy atom. The molecule has 2 N–H and O–H groups in total. The molecule has 0 aliphatic carbocycles. The zero-order valence-electron chi connectivity index (χ0n) is 8.73. The minimum absolute atomic E-state index is 0.179. The fourth-order valence-corrected chi connectivity index (χ4v) is 1.19. The van der Waals surface area contributed by atoms with E-state index in [0.717, 1.165) is 6.07 Å². The Balaban J connectivity index is 2.36. The van der Waals surface area contributed by atoms with Crippen LogP contribution in [0.2, 0.25) is 0 Å². The summed E-state index contributed by atoms with van der Waals surface area (Å²) in [7, 11) is 0.